The van der Waals surface area contributed by atoms with Crippen LogP contribution in [0.4, 0.5) is 11.4 Å². The molecule has 3 rings (SSSR count). The summed E-state index contributed by atoms with van der Waals surface area (Å²) in [6, 6.07) is 16.0. The lowest BCUT2D eigenvalue weighted by Crippen LogP contribution is -2.39. The van der Waals surface area contributed by atoms with Gasteiger partial charge in [-0.2, -0.15) is 0 Å². The zero-order valence-electron chi connectivity index (χ0n) is 14.5. The topological polar surface area (TPSA) is 41.6 Å². The van der Waals surface area contributed by atoms with Crippen molar-refractivity contribution in [3.8, 4) is 5.75 Å². The zero-order chi connectivity index (χ0) is 17.1. The Morgan fingerprint density at radius 3 is 2.62 bits per heavy atom. The fourth-order valence-electron chi connectivity index (χ4n) is 3.13. The fourth-order valence-corrected chi connectivity index (χ4v) is 3.13. The minimum Gasteiger partial charge on any atom is -0.491 e. The second-order valence-corrected chi connectivity index (χ2v) is 6.49. The second kappa shape index (κ2) is 6.95. The largest absolute Gasteiger partial charge is 0.491 e. The minimum atomic E-state index is 0.0926. The van der Waals surface area contributed by atoms with Gasteiger partial charge in [-0.1, -0.05) is 18.2 Å². The lowest BCUT2D eigenvalue weighted by Gasteiger charge is -2.23. The van der Waals surface area contributed by atoms with Crippen molar-refractivity contribution in [1.29, 1.82) is 0 Å². The van der Waals surface area contributed by atoms with Crippen LogP contribution in [0.5, 0.6) is 5.75 Å². The number of hydrogen-bond donors (Lipinski definition) is 1. The number of hydrogen-bond acceptors (Lipinski definition) is 3. The van der Waals surface area contributed by atoms with Crippen molar-refractivity contribution >= 4 is 17.3 Å². The van der Waals surface area contributed by atoms with Crippen molar-refractivity contribution in [2.24, 2.45) is 0 Å². The quantitative estimate of drug-likeness (QED) is 0.908. The van der Waals surface area contributed by atoms with E-state index in [9.17, 15) is 4.79 Å². The van der Waals surface area contributed by atoms with Crippen LogP contribution in [0.25, 0.3) is 0 Å². The average Bonchev–Trinajstić information content (AvgIpc) is 2.89. The molecule has 1 amide bonds. The summed E-state index contributed by atoms with van der Waals surface area (Å²) in [5.74, 6) is 0.930. The first kappa shape index (κ1) is 16.4. The van der Waals surface area contributed by atoms with E-state index in [4.69, 9.17) is 4.74 Å². The van der Waals surface area contributed by atoms with Crippen LogP contribution in [0.3, 0.4) is 0 Å². The number of amides is 1. The third kappa shape index (κ3) is 3.53. The summed E-state index contributed by atoms with van der Waals surface area (Å²) < 4.78 is 5.63. The first-order valence-electron chi connectivity index (χ1n) is 8.45. The van der Waals surface area contributed by atoms with Gasteiger partial charge in [-0.15, -0.1) is 0 Å². The average molecular weight is 324 g/mol. The molecule has 1 atom stereocenters. The maximum atomic E-state index is 12.6. The molecular formula is C20H24N2O2. The van der Waals surface area contributed by atoms with E-state index < -0.39 is 0 Å². The monoisotopic (exact) mass is 324 g/mol. The summed E-state index contributed by atoms with van der Waals surface area (Å²) in [4.78, 5) is 14.5. The zero-order valence-corrected chi connectivity index (χ0v) is 14.5. The molecular weight excluding hydrogens is 300 g/mol. The highest BCUT2D eigenvalue weighted by molar-refractivity contribution is 5.98. The maximum absolute atomic E-state index is 12.6. The molecule has 0 spiro atoms. The van der Waals surface area contributed by atoms with Crippen molar-refractivity contribution in [2.75, 3.05) is 16.8 Å². The maximum Gasteiger partial charge on any atom is 0.246 e. The summed E-state index contributed by atoms with van der Waals surface area (Å²) in [5.41, 5.74) is 3.20. The summed E-state index contributed by atoms with van der Waals surface area (Å²) in [6.07, 6.45) is 1.07. The Morgan fingerprint density at radius 1 is 1.21 bits per heavy atom. The summed E-state index contributed by atoms with van der Waals surface area (Å²) in [7, 11) is 0. The van der Waals surface area contributed by atoms with Gasteiger partial charge in [-0.25, -0.2) is 0 Å². The normalized spacial score (nSPS) is 16.2. The Labute approximate surface area is 143 Å². The molecule has 1 N–H and O–H groups in total. The second-order valence-electron chi connectivity index (χ2n) is 6.49. The Morgan fingerprint density at radius 2 is 1.92 bits per heavy atom. The van der Waals surface area contributed by atoms with E-state index in [1.54, 1.807) is 0 Å². The first-order chi connectivity index (χ1) is 11.5. The van der Waals surface area contributed by atoms with Crippen molar-refractivity contribution in [2.45, 2.75) is 39.3 Å². The Hall–Kier alpha value is -2.49. The van der Waals surface area contributed by atoms with E-state index in [-0.39, 0.29) is 24.6 Å². The van der Waals surface area contributed by atoms with E-state index in [2.05, 4.69) is 18.3 Å². The Kier molecular flexibility index (Phi) is 4.74. The van der Waals surface area contributed by atoms with Gasteiger partial charge in [0.1, 0.15) is 5.75 Å². The third-order valence-electron chi connectivity index (χ3n) is 4.15. The molecule has 1 heterocycles. The van der Waals surface area contributed by atoms with Crippen LogP contribution in [0.15, 0.2) is 48.5 Å². The van der Waals surface area contributed by atoms with Gasteiger partial charge in [0, 0.05) is 17.4 Å². The summed E-state index contributed by atoms with van der Waals surface area (Å²) >= 11 is 0. The van der Waals surface area contributed by atoms with E-state index in [1.807, 2.05) is 61.2 Å². The van der Waals surface area contributed by atoms with Gasteiger partial charge in [-0.3, -0.25) is 4.79 Å². The Bertz CT molecular complexity index is 710. The van der Waals surface area contributed by atoms with Gasteiger partial charge in [0.25, 0.3) is 0 Å². The standard InChI is InChI=1S/C20H24N2O2/c1-14(2)24-18-10-8-17(9-11-18)21-13-20(23)22-15(3)12-16-6-4-5-7-19(16)22/h4-11,14-15,21H,12-13H2,1-3H3. The van der Waals surface area contributed by atoms with E-state index in [1.165, 1.54) is 5.56 Å². The van der Waals surface area contributed by atoms with Crippen LogP contribution in [0, 0.1) is 0 Å². The molecule has 0 saturated carbocycles. The molecule has 24 heavy (non-hydrogen) atoms. The summed E-state index contributed by atoms with van der Waals surface area (Å²) in [6.45, 7) is 6.37. The van der Waals surface area contributed by atoms with Gasteiger partial charge in [0.2, 0.25) is 5.91 Å². The molecule has 0 aromatic heterocycles. The number of nitrogens with one attached hydrogen (secondary N) is 1. The Balaban J connectivity index is 1.62. The van der Waals surface area contributed by atoms with Gasteiger partial charge in [0.05, 0.1) is 12.6 Å². The highest BCUT2D eigenvalue weighted by Crippen LogP contribution is 2.31. The molecule has 2 aromatic carbocycles. The predicted molar refractivity (Wildman–Crippen MR) is 97.8 cm³/mol. The fraction of sp³-hybridized carbons (Fsp3) is 0.350. The molecule has 0 aliphatic carbocycles. The van der Waals surface area contributed by atoms with Gasteiger partial charge >= 0.3 is 0 Å². The highest BCUT2D eigenvalue weighted by atomic mass is 16.5. The van der Waals surface area contributed by atoms with Crippen molar-refractivity contribution in [1.82, 2.24) is 0 Å². The lowest BCUT2D eigenvalue weighted by atomic mass is 10.1. The van der Waals surface area contributed by atoms with Crippen LogP contribution >= 0.6 is 0 Å². The minimum absolute atomic E-state index is 0.0926. The number of carbonyl (C=O) groups excluding carboxylic acids is 1. The van der Waals surface area contributed by atoms with Crippen molar-refractivity contribution < 1.29 is 9.53 Å². The molecule has 1 aliphatic rings. The van der Waals surface area contributed by atoms with Gasteiger partial charge < -0.3 is 15.0 Å². The SMILES string of the molecule is CC(C)Oc1ccc(NCC(=O)N2c3ccccc3CC2C)cc1. The van der Waals surface area contributed by atoms with Crippen LogP contribution in [0.2, 0.25) is 0 Å². The number of rotatable bonds is 5. The molecule has 0 bridgehead atoms. The first-order valence-corrected chi connectivity index (χ1v) is 8.45. The molecule has 126 valence electrons. The summed E-state index contributed by atoms with van der Waals surface area (Å²) in [5, 5.41) is 3.21. The smallest absolute Gasteiger partial charge is 0.246 e. The number of para-hydroxylation sites is 1. The molecule has 0 fully saturated rings. The highest BCUT2D eigenvalue weighted by Gasteiger charge is 2.30. The predicted octanol–water partition coefficient (Wildman–Crippen LogP) is 3.86. The molecule has 4 heteroatoms. The van der Waals surface area contributed by atoms with Crippen LogP contribution in [-0.2, 0) is 11.2 Å². The number of ether oxygens (including phenoxy) is 1. The molecule has 4 nitrogen and oxygen atoms in total. The van der Waals surface area contributed by atoms with Crippen LogP contribution in [-0.4, -0.2) is 24.6 Å². The number of fused-ring (bicyclic) bond motifs is 1. The van der Waals surface area contributed by atoms with Gasteiger partial charge in [-0.05, 0) is 63.1 Å². The third-order valence-corrected chi connectivity index (χ3v) is 4.15. The number of anilines is 2. The van der Waals surface area contributed by atoms with E-state index in [0.717, 1.165) is 23.5 Å². The van der Waals surface area contributed by atoms with Crippen LogP contribution < -0.4 is 15.0 Å². The number of nitrogens with zero attached hydrogens (tertiary/aromatic N) is 1. The van der Waals surface area contributed by atoms with E-state index in [0.29, 0.717) is 0 Å². The number of benzene rings is 2. The molecule has 0 radical (unpaired) electrons. The molecule has 1 aliphatic heterocycles. The van der Waals surface area contributed by atoms with Crippen molar-refractivity contribution in [3.63, 3.8) is 0 Å². The molecule has 0 saturated heterocycles. The van der Waals surface area contributed by atoms with Gasteiger partial charge in [0.15, 0.2) is 0 Å². The van der Waals surface area contributed by atoms with E-state index >= 15 is 0 Å². The number of carbonyl (C=O) groups is 1. The van der Waals surface area contributed by atoms with Crippen molar-refractivity contribution in [3.05, 3.63) is 54.1 Å². The lowest BCUT2D eigenvalue weighted by molar-refractivity contribution is -0.117. The molecule has 1 unspecified atom stereocenters. The van der Waals surface area contributed by atoms with Crippen LogP contribution in [0.1, 0.15) is 26.3 Å². The molecule has 2 aromatic rings.